The molecule has 0 saturated carbocycles. The summed E-state index contributed by atoms with van der Waals surface area (Å²) in [5, 5.41) is 0.680. The normalized spacial score (nSPS) is 14.1. The van der Waals surface area contributed by atoms with Gasteiger partial charge < -0.3 is 19.5 Å². The van der Waals surface area contributed by atoms with Crippen LogP contribution in [-0.2, 0) is 16.0 Å². The number of rotatable bonds is 5. The fraction of sp³-hybridized carbons (Fsp3) is 0.381. The molecule has 1 aliphatic rings. The van der Waals surface area contributed by atoms with Gasteiger partial charge in [0.1, 0.15) is 0 Å². The molecule has 8 heteroatoms. The zero-order chi connectivity index (χ0) is 21.1. The molecule has 2 aromatic rings. The number of methoxy groups -OCH3 is 1. The number of carbonyl (C=O) groups is 3. The number of nitrogens with zero attached hydrogens (tertiary/aromatic N) is 2. The molecule has 1 N–H and O–H groups in total. The van der Waals surface area contributed by atoms with E-state index in [1.165, 1.54) is 14.0 Å². The third-order valence-corrected chi connectivity index (χ3v) is 5.44. The number of halogens is 1. The van der Waals surface area contributed by atoms with Crippen molar-refractivity contribution in [2.24, 2.45) is 0 Å². The molecule has 3 rings (SSSR count). The number of benzene rings is 1. The average Bonchev–Trinajstić information content (AvgIpc) is 3.03. The summed E-state index contributed by atoms with van der Waals surface area (Å²) in [4.78, 5) is 43.8. The van der Waals surface area contributed by atoms with Gasteiger partial charge in [0, 0.05) is 49.5 Å². The van der Waals surface area contributed by atoms with Gasteiger partial charge in [0.2, 0.25) is 5.91 Å². The minimum atomic E-state index is -0.556. The summed E-state index contributed by atoms with van der Waals surface area (Å²) in [6.45, 7) is 5.62. The highest BCUT2D eigenvalue weighted by molar-refractivity contribution is 6.30. The van der Waals surface area contributed by atoms with E-state index in [-0.39, 0.29) is 23.7 Å². The number of aromatic amines is 1. The SMILES string of the molecule is COC(=O)c1c(CC(=O)N2CCN(c3cccc(Cl)c3)CC2)[nH]c(C(C)=O)c1C. The van der Waals surface area contributed by atoms with Gasteiger partial charge in [0.25, 0.3) is 0 Å². The zero-order valence-electron chi connectivity index (χ0n) is 16.8. The summed E-state index contributed by atoms with van der Waals surface area (Å²) < 4.78 is 4.84. The molecule has 0 spiro atoms. The lowest BCUT2D eigenvalue weighted by Crippen LogP contribution is -2.49. The molecule has 0 bridgehead atoms. The summed E-state index contributed by atoms with van der Waals surface area (Å²) in [6, 6.07) is 7.64. The van der Waals surface area contributed by atoms with Crippen molar-refractivity contribution in [1.29, 1.82) is 0 Å². The predicted octanol–water partition coefficient (Wildman–Crippen LogP) is 2.86. The number of esters is 1. The predicted molar refractivity (Wildman–Crippen MR) is 111 cm³/mol. The Kier molecular flexibility index (Phi) is 6.27. The summed E-state index contributed by atoms with van der Waals surface area (Å²) in [7, 11) is 1.28. The van der Waals surface area contributed by atoms with E-state index in [9.17, 15) is 14.4 Å². The number of piperazine rings is 1. The minimum Gasteiger partial charge on any atom is -0.465 e. The second-order valence-electron chi connectivity index (χ2n) is 7.05. The molecule has 0 unspecified atom stereocenters. The number of nitrogens with one attached hydrogen (secondary N) is 1. The largest absolute Gasteiger partial charge is 0.465 e. The van der Waals surface area contributed by atoms with E-state index in [0.717, 1.165) is 5.69 Å². The zero-order valence-corrected chi connectivity index (χ0v) is 17.5. The van der Waals surface area contributed by atoms with Crippen LogP contribution in [0.2, 0.25) is 5.02 Å². The monoisotopic (exact) mass is 417 g/mol. The second kappa shape index (κ2) is 8.69. The maximum Gasteiger partial charge on any atom is 0.339 e. The highest BCUT2D eigenvalue weighted by Crippen LogP contribution is 2.23. The first kappa shape index (κ1) is 20.9. The molecular weight excluding hydrogens is 394 g/mol. The number of H-pyrrole nitrogens is 1. The van der Waals surface area contributed by atoms with Crippen LogP contribution < -0.4 is 4.90 Å². The third kappa shape index (κ3) is 4.45. The second-order valence-corrected chi connectivity index (χ2v) is 7.49. The van der Waals surface area contributed by atoms with Gasteiger partial charge in [0.15, 0.2) is 5.78 Å². The van der Waals surface area contributed by atoms with Crippen LogP contribution in [0.1, 0.15) is 39.0 Å². The molecule has 0 atom stereocenters. The quantitative estimate of drug-likeness (QED) is 0.597. The standard InChI is InChI=1S/C21H24ClN3O4/c1-13-19(21(28)29-3)17(23-20(13)14(2)26)12-18(27)25-9-7-24(8-10-25)16-6-4-5-15(22)11-16/h4-6,11,23H,7-10,12H2,1-3H3. The molecule has 1 fully saturated rings. The van der Waals surface area contributed by atoms with Crippen LogP contribution in [0.4, 0.5) is 5.69 Å². The Morgan fingerprint density at radius 3 is 2.45 bits per heavy atom. The number of amides is 1. The van der Waals surface area contributed by atoms with Gasteiger partial charge in [-0.3, -0.25) is 9.59 Å². The van der Waals surface area contributed by atoms with Crippen molar-refractivity contribution in [3.63, 3.8) is 0 Å². The number of Topliss-reactive ketones (excluding diaryl/α,β-unsaturated/α-hetero) is 1. The van der Waals surface area contributed by atoms with Crippen LogP contribution in [0.3, 0.4) is 0 Å². The van der Waals surface area contributed by atoms with Crippen molar-refractivity contribution >= 4 is 34.9 Å². The lowest BCUT2D eigenvalue weighted by atomic mass is 10.1. The van der Waals surface area contributed by atoms with Crippen molar-refractivity contribution in [2.75, 3.05) is 38.2 Å². The molecule has 0 radical (unpaired) electrons. The summed E-state index contributed by atoms with van der Waals surface area (Å²) >= 11 is 6.07. The fourth-order valence-electron chi connectivity index (χ4n) is 3.67. The summed E-state index contributed by atoms with van der Waals surface area (Å²) in [6.07, 6.45) is 0.00964. The van der Waals surface area contributed by atoms with Gasteiger partial charge in [-0.15, -0.1) is 0 Å². The highest BCUT2D eigenvalue weighted by Gasteiger charge is 2.27. The van der Waals surface area contributed by atoms with E-state index in [0.29, 0.717) is 48.2 Å². The topological polar surface area (TPSA) is 82.7 Å². The van der Waals surface area contributed by atoms with Gasteiger partial charge in [-0.05, 0) is 30.7 Å². The highest BCUT2D eigenvalue weighted by atomic mass is 35.5. The number of ether oxygens (including phenoxy) is 1. The van der Waals surface area contributed by atoms with Gasteiger partial charge >= 0.3 is 5.97 Å². The first-order valence-electron chi connectivity index (χ1n) is 9.40. The molecule has 154 valence electrons. The number of hydrogen-bond acceptors (Lipinski definition) is 5. The summed E-state index contributed by atoms with van der Waals surface area (Å²) in [5.74, 6) is -0.849. The van der Waals surface area contributed by atoms with Crippen molar-refractivity contribution < 1.29 is 19.1 Å². The van der Waals surface area contributed by atoms with Crippen LogP contribution >= 0.6 is 11.6 Å². The lowest BCUT2D eigenvalue weighted by Gasteiger charge is -2.36. The van der Waals surface area contributed by atoms with Gasteiger partial charge in [-0.2, -0.15) is 0 Å². The van der Waals surface area contributed by atoms with E-state index < -0.39 is 5.97 Å². The van der Waals surface area contributed by atoms with Gasteiger partial charge in [-0.1, -0.05) is 17.7 Å². The first-order chi connectivity index (χ1) is 13.8. The molecule has 7 nitrogen and oxygen atoms in total. The van der Waals surface area contributed by atoms with Crippen LogP contribution in [0, 0.1) is 6.92 Å². The van der Waals surface area contributed by atoms with Crippen LogP contribution in [0.25, 0.3) is 0 Å². The Morgan fingerprint density at radius 1 is 1.17 bits per heavy atom. The Morgan fingerprint density at radius 2 is 1.86 bits per heavy atom. The van der Waals surface area contributed by atoms with Crippen LogP contribution in [0.5, 0.6) is 0 Å². The number of carbonyl (C=O) groups excluding carboxylic acids is 3. The minimum absolute atomic E-state index is 0.00964. The first-order valence-corrected chi connectivity index (χ1v) is 9.78. The average molecular weight is 418 g/mol. The van der Waals surface area contributed by atoms with Crippen molar-refractivity contribution in [3.05, 3.63) is 51.8 Å². The van der Waals surface area contributed by atoms with Crippen molar-refractivity contribution in [1.82, 2.24) is 9.88 Å². The molecule has 1 saturated heterocycles. The molecule has 0 aliphatic carbocycles. The molecule has 1 aromatic carbocycles. The fourth-order valence-corrected chi connectivity index (χ4v) is 3.86. The Hall–Kier alpha value is -2.80. The van der Waals surface area contributed by atoms with E-state index in [1.54, 1.807) is 11.8 Å². The van der Waals surface area contributed by atoms with E-state index in [4.69, 9.17) is 16.3 Å². The van der Waals surface area contributed by atoms with Crippen molar-refractivity contribution in [2.45, 2.75) is 20.3 Å². The van der Waals surface area contributed by atoms with Crippen molar-refractivity contribution in [3.8, 4) is 0 Å². The van der Waals surface area contributed by atoms with E-state index >= 15 is 0 Å². The smallest absolute Gasteiger partial charge is 0.339 e. The molecule has 1 aromatic heterocycles. The Balaban J connectivity index is 1.71. The molecule has 2 heterocycles. The number of ketones is 1. The maximum absolute atomic E-state index is 12.8. The molecular formula is C21H24ClN3O4. The van der Waals surface area contributed by atoms with Gasteiger partial charge in [0.05, 0.1) is 24.8 Å². The van der Waals surface area contributed by atoms with Gasteiger partial charge in [-0.25, -0.2) is 4.79 Å². The summed E-state index contributed by atoms with van der Waals surface area (Å²) in [5.41, 5.74) is 2.56. The third-order valence-electron chi connectivity index (χ3n) is 5.20. The van der Waals surface area contributed by atoms with E-state index in [2.05, 4.69) is 9.88 Å². The molecule has 1 amide bonds. The lowest BCUT2D eigenvalue weighted by molar-refractivity contribution is -0.130. The van der Waals surface area contributed by atoms with Crippen LogP contribution in [-0.4, -0.2) is 60.8 Å². The number of anilines is 1. The molecule has 29 heavy (non-hydrogen) atoms. The maximum atomic E-state index is 12.8. The molecule has 1 aliphatic heterocycles. The Bertz CT molecular complexity index is 945. The number of aromatic nitrogens is 1. The van der Waals surface area contributed by atoms with Crippen LogP contribution in [0.15, 0.2) is 24.3 Å². The number of hydrogen-bond donors (Lipinski definition) is 1. The van der Waals surface area contributed by atoms with E-state index in [1.807, 2.05) is 24.3 Å². The Labute approximate surface area is 174 Å².